The van der Waals surface area contributed by atoms with Gasteiger partial charge in [0.05, 0.1) is 5.60 Å². The third-order valence-electron chi connectivity index (χ3n) is 5.13. The van der Waals surface area contributed by atoms with Crippen LogP contribution in [0.2, 0.25) is 0 Å². The van der Waals surface area contributed by atoms with Crippen LogP contribution >= 0.6 is 0 Å². The predicted molar refractivity (Wildman–Crippen MR) is 86.0 cm³/mol. The number of hydrogen-bond acceptors (Lipinski definition) is 1. The molecule has 2 atom stereocenters. The molecule has 0 aliphatic heterocycles. The molecule has 1 aliphatic rings. The van der Waals surface area contributed by atoms with Gasteiger partial charge in [-0.2, -0.15) is 0 Å². The first-order valence-electron chi connectivity index (χ1n) is 8.01. The van der Waals surface area contributed by atoms with E-state index < -0.39 is 5.60 Å². The summed E-state index contributed by atoms with van der Waals surface area (Å²) in [6.45, 7) is 11.1. The summed E-state index contributed by atoms with van der Waals surface area (Å²) < 4.78 is 0. The van der Waals surface area contributed by atoms with E-state index in [1.165, 1.54) is 23.1 Å². The smallest absolute Gasteiger partial charge is 0.0720 e. The Balaban J connectivity index is 2.25. The molecule has 1 aromatic rings. The third-order valence-corrected chi connectivity index (χ3v) is 5.13. The molecule has 0 saturated heterocycles. The Morgan fingerprint density at radius 2 is 1.85 bits per heavy atom. The highest BCUT2D eigenvalue weighted by Gasteiger charge is 2.44. The van der Waals surface area contributed by atoms with Crippen molar-refractivity contribution in [1.82, 2.24) is 0 Å². The largest absolute Gasteiger partial charge is 0.389 e. The molecule has 1 N–H and O–H groups in total. The number of hydrogen-bond donors (Lipinski definition) is 1. The fourth-order valence-corrected chi connectivity index (χ4v) is 3.94. The Labute approximate surface area is 124 Å². The van der Waals surface area contributed by atoms with Crippen LogP contribution in [0, 0.1) is 25.2 Å². The van der Waals surface area contributed by atoms with Gasteiger partial charge in [-0.15, -0.1) is 0 Å². The van der Waals surface area contributed by atoms with Crippen molar-refractivity contribution in [3.05, 3.63) is 34.9 Å². The highest BCUT2D eigenvalue weighted by molar-refractivity contribution is 5.31. The molecule has 112 valence electrons. The van der Waals surface area contributed by atoms with Gasteiger partial charge in [-0.25, -0.2) is 0 Å². The Hall–Kier alpha value is -0.820. The average molecular weight is 274 g/mol. The van der Waals surface area contributed by atoms with Gasteiger partial charge in [0.2, 0.25) is 0 Å². The summed E-state index contributed by atoms with van der Waals surface area (Å²) in [4.78, 5) is 0. The van der Waals surface area contributed by atoms with E-state index in [1.54, 1.807) is 0 Å². The van der Waals surface area contributed by atoms with E-state index in [1.807, 2.05) is 0 Å². The fourth-order valence-electron chi connectivity index (χ4n) is 3.94. The molecule has 2 unspecified atom stereocenters. The molecule has 0 spiro atoms. The van der Waals surface area contributed by atoms with Crippen LogP contribution in [0.1, 0.15) is 63.1 Å². The summed E-state index contributed by atoms with van der Waals surface area (Å²) in [7, 11) is 0. The molecular formula is C19H30O. The van der Waals surface area contributed by atoms with Crippen LogP contribution in [0.15, 0.2) is 18.2 Å². The normalized spacial score (nSPS) is 27.6. The maximum Gasteiger partial charge on any atom is 0.0720 e. The van der Waals surface area contributed by atoms with Crippen molar-refractivity contribution in [1.29, 1.82) is 0 Å². The number of rotatable bonds is 2. The SMILES string of the molecule is Cc1ccc(CC2(O)CCCCC2C(C)(C)C)cc1C. The predicted octanol–water partition coefficient (Wildman–Crippen LogP) is 4.81. The van der Waals surface area contributed by atoms with Gasteiger partial charge in [-0.05, 0) is 54.7 Å². The number of aliphatic hydroxyl groups is 1. The number of aryl methyl sites for hydroxylation is 2. The zero-order valence-electron chi connectivity index (χ0n) is 13.8. The zero-order chi connectivity index (χ0) is 15.0. The Morgan fingerprint density at radius 1 is 1.15 bits per heavy atom. The summed E-state index contributed by atoms with van der Waals surface area (Å²) in [6, 6.07) is 6.62. The first kappa shape index (κ1) is 15.6. The van der Waals surface area contributed by atoms with Gasteiger partial charge >= 0.3 is 0 Å². The minimum atomic E-state index is -0.530. The van der Waals surface area contributed by atoms with Crippen molar-refractivity contribution in [3.63, 3.8) is 0 Å². The van der Waals surface area contributed by atoms with E-state index in [0.29, 0.717) is 5.92 Å². The van der Waals surface area contributed by atoms with Gasteiger partial charge in [0, 0.05) is 6.42 Å². The molecule has 0 amide bonds. The molecule has 0 heterocycles. The molecule has 1 aliphatic carbocycles. The molecule has 0 aromatic heterocycles. The van der Waals surface area contributed by atoms with Gasteiger partial charge in [0.25, 0.3) is 0 Å². The first-order chi connectivity index (χ1) is 9.22. The Bertz CT molecular complexity index is 469. The van der Waals surface area contributed by atoms with Crippen LogP contribution < -0.4 is 0 Å². The maximum absolute atomic E-state index is 11.3. The molecular weight excluding hydrogens is 244 g/mol. The highest BCUT2D eigenvalue weighted by Crippen LogP contribution is 2.45. The monoisotopic (exact) mass is 274 g/mol. The summed E-state index contributed by atoms with van der Waals surface area (Å²) in [5.41, 5.74) is 3.59. The topological polar surface area (TPSA) is 20.2 Å². The molecule has 1 aromatic carbocycles. The van der Waals surface area contributed by atoms with E-state index >= 15 is 0 Å². The van der Waals surface area contributed by atoms with Gasteiger partial charge in [-0.3, -0.25) is 0 Å². The Morgan fingerprint density at radius 3 is 2.45 bits per heavy atom. The van der Waals surface area contributed by atoms with E-state index in [0.717, 1.165) is 25.7 Å². The summed E-state index contributed by atoms with van der Waals surface area (Å²) in [5.74, 6) is 0.394. The van der Waals surface area contributed by atoms with E-state index in [4.69, 9.17) is 0 Å². The first-order valence-corrected chi connectivity index (χ1v) is 8.01. The lowest BCUT2D eigenvalue weighted by molar-refractivity contribution is -0.0889. The van der Waals surface area contributed by atoms with Crippen molar-refractivity contribution >= 4 is 0 Å². The molecule has 1 heteroatoms. The highest BCUT2D eigenvalue weighted by atomic mass is 16.3. The van der Waals surface area contributed by atoms with Gasteiger partial charge < -0.3 is 5.11 Å². The van der Waals surface area contributed by atoms with Crippen molar-refractivity contribution < 1.29 is 5.11 Å². The van der Waals surface area contributed by atoms with Crippen molar-refractivity contribution in [2.45, 2.75) is 72.3 Å². The second-order valence-corrected chi connectivity index (χ2v) is 7.86. The fraction of sp³-hybridized carbons (Fsp3) is 0.684. The lowest BCUT2D eigenvalue weighted by Crippen LogP contribution is -2.48. The van der Waals surface area contributed by atoms with Crippen LogP contribution in [0.5, 0.6) is 0 Å². The minimum Gasteiger partial charge on any atom is -0.389 e. The van der Waals surface area contributed by atoms with Crippen molar-refractivity contribution in [2.24, 2.45) is 11.3 Å². The molecule has 0 radical (unpaired) electrons. The van der Waals surface area contributed by atoms with Crippen LogP contribution in [0.3, 0.4) is 0 Å². The second kappa shape index (κ2) is 5.52. The summed E-state index contributed by atoms with van der Waals surface area (Å²) in [6.07, 6.45) is 5.33. The maximum atomic E-state index is 11.3. The molecule has 0 bridgehead atoms. The van der Waals surface area contributed by atoms with Crippen molar-refractivity contribution in [2.75, 3.05) is 0 Å². The van der Waals surface area contributed by atoms with Crippen molar-refractivity contribution in [3.8, 4) is 0 Å². The lowest BCUT2D eigenvalue weighted by Gasteiger charge is -2.47. The van der Waals surface area contributed by atoms with Crippen LogP contribution in [0.4, 0.5) is 0 Å². The minimum absolute atomic E-state index is 0.176. The van der Waals surface area contributed by atoms with Gasteiger partial charge in [-0.1, -0.05) is 51.8 Å². The van der Waals surface area contributed by atoms with Crippen LogP contribution in [-0.4, -0.2) is 10.7 Å². The molecule has 1 saturated carbocycles. The van der Waals surface area contributed by atoms with Crippen LogP contribution in [0.25, 0.3) is 0 Å². The van der Waals surface area contributed by atoms with Crippen LogP contribution in [-0.2, 0) is 6.42 Å². The quantitative estimate of drug-likeness (QED) is 0.820. The summed E-state index contributed by atoms with van der Waals surface area (Å²) in [5, 5.41) is 11.3. The molecule has 2 rings (SSSR count). The standard InChI is InChI=1S/C19H30O/c1-14-9-10-16(12-15(14)2)13-19(20)11-7-6-8-17(19)18(3,4)5/h9-10,12,17,20H,6-8,11,13H2,1-5H3. The third kappa shape index (κ3) is 3.25. The molecule has 1 fully saturated rings. The van der Waals surface area contributed by atoms with E-state index in [2.05, 4.69) is 52.8 Å². The average Bonchev–Trinajstić information content (AvgIpc) is 2.32. The van der Waals surface area contributed by atoms with E-state index in [-0.39, 0.29) is 5.41 Å². The molecule has 1 nitrogen and oxygen atoms in total. The van der Waals surface area contributed by atoms with Gasteiger partial charge in [0.1, 0.15) is 0 Å². The Kier molecular flexibility index (Phi) is 4.30. The lowest BCUT2D eigenvalue weighted by atomic mass is 9.62. The molecule has 20 heavy (non-hydrogen) atoms. The number of benzene rings is 1. The van der Waals surface area contributed by atoms with Gasteiger partial charge in [0.15, 0.2) is 0 Å². The zero-order valence-corrected chi connectivity index (χ0v) is 13.8. The van der Waals surface area contributed by atoms with E-state index in [9.17, 15) is 5.11 Å². The summed E-state index contributed by atoms with van der Waals surface area (Å²) >= 11 is 0. The second-order valence-electron chi connectivity index (χ2n) is 7.86.